The van der Waals surface area contributed by atoms with Gasteiger partial charge in [0, 0.05) is 37.6 Å². The molecule has 2 unspecified atom stereocenters. The molecule has 2 atom stereocenters. The lowest BCUT2D eigenvalue weighted by Gasteiger charge is -2.34. The Morgan fingerprint density at radius 2 is 1.95 bits per heavy atom. The van der Waals surface area contributed by atoms with E-state index in [4.69, 9.17) is 11.6 Å². The molecule has 1 aromatic rings. The first-order chi connectivity index (χ1) is 10.0. The molecule has 4 heteroatoms. The third kappa shape index (κ3) is 5.33. The number of nitrogens with one attached hydrogen (secondary N) is 1. The molecular weight excluding hydrogens is 284 g/mol. The topological polar surface area (TPSA) is 32.3 Å². The van der Waals surface area contributed by atoms with Crippen LogP contribution < -0.4 is 5.32 Å². The monoisotopic (exact) mass is 308 g/mol. The quantitative estimate of drug-likeness (QED) is 0.905. The highest BCUT2D eigenvalue weighted by Gasteiger charge is 2.21. The predicted octanol–water partition coefficient (Wildman–Crippen LogP) is 3.32. The first-order valence-electron chi connectivity index (χ1n) is 7.77. The molecule has 0 radical (unpaired) electrons. The van der Waals surface area contributed by atoms with E-state index in [9.17, 15) is 4.79 Å². The fourth-order valence-electron chi connectivity index (χ4n) is 3.16. The van der Waals surface area contributed by atoms with Gasteiger partial charge in [0.2, 0.25) is 5.91 Å². The second kappa shape index (κ2) is 7.81. The lowest BCUT2D eigenvalue weighted by Crippen LogP contribution is -2.40. The van der Waals surface area contributed by atoms with Crippen LogP contribution in [0.2, 0.25) is 5.02 Å². The van der Waals surface area contributed by atoms with Gasteiger partial charge in [-0.05, 0) is 29.9 Å². The second-order valence-electron chi connectivity index (χ2n) is 6.32. The van der Waals surface area contributed by atoms with E-state index in [1.54, 1.807) is 0 Å². The van der Waals surface area contributed by atoms with E-state index in [2.05, 4.69) is 24.1 Å². The van der Waals surface area contributed by atoms with E-state index >= 15 is 0 Å². The maximum absolute atomic E-state index is 12.0. The van der Waals surface area contributed by atoms with E-state index in [0.717, 1.165) is 37.0 Å². The minimum atomic E-state index is 0.0980. The number of carbonyl (C=O) groups excluding carboxylic acids is 1. The highest BCUT2D eigenvalue weighted by atomic mass is 35.5. The van der Waals surface area contributed by atoms with Crippen LogP contribution in [0.4, 0.5) is 0 Å². The lowest BCUT2D eigenvalue weighted by atomic mass is 9.92. The number of piperidine rings is 1. The van der Waals surface area contributed by atoms with Crippen LogP contribution in [0, 0.1) is 11.8 Å². The summed E-state index contributed by atoms with van der Waals surface area (Å²) in [7, 11) is 0. The Kier molecular flexibility index (Phi) is 6.07. The van der Waals surface area contributed by atoms with Crippen LogP contribution >= 0.6 is 11.6 Å². The number of hydrogen-bond acceptors (Lipinski definition) is 2. The van der Waals surface area contributed by atoms with Crippen LogP contribution in [-0.4, -0.2) is 30.4 Å². The number of amides is 1. The summed E-state index contributed by atoms with van der Waals surface area (Å²) < 4.78 is 0. The molecule has 0 aromatic heterocycles. The third-order valence-corrected chi connectivity index (χ3v) is 4.40. The third-order valence-electron chi connectivity index (χ3n) is 4.03. The van der Waals surface area contributed by atoms with Crippen molar-refractivity contribution in [1.29, 1.82) is 0 Å². The molecule has 1 fully saturated rings. The fourth-order valence-corrected chi connectivity index (χ4v) is 3.36. The number of carbonyl (C=O) groups is 1. The normalized spacial score (nSPS) is 23.0. The van der Waals surface area contributed by atoms with E-state index in [0.29, 0.717) is 18.0 Å². The maximum Gasteiger partial charge on any atom is 0.221 e. The zero-order chi connectivity index (χ0) is 15.2. The van der Waals surface area contributed by atoms with E-state index in [1.165, 1.54) is 6.42 Å². The molecule has 1 aliphatic rings. The largest absolute Gasteiger partial charge is 0.352 e. The first-order valence-corrected chi connectivity index (χ1v) is 8.15. The Labute approximate surface area is 132 Å². The van der Waals surface area contributed by atoms with Crippen molar-refractivity contribution >= 4 is 17.5 Å². The predicted molar refractivity (Wildman–Crippen MR) is 87.3 cm³/mol. The standard InChI is InChI=1S/C17H25ClN2O/c1-13-9-14(2)12-20(11-13)8-7-17(21)19-10-15-5-3-4-6-16(15)18/h3-6,13-14H,7-12H2,1-2H3,(H,19,21). The molecule has 116 valence electrons. The van der Waals surface area contributed by atoms with Crippen molar-refractivity contribution in [2.75, 3.05) is 19.6 Å². The zero-order valence-corrected chi connectivity index (χ0v) is 13.7. The molecule has 1 N–H and O–H groups in total. The van der Waals surface area contributed by atoms with Crippen molar-refractivity contribution < 1.29 is 4.79 Å². The average Bonchev–Trinajstić information content (AvgIpc) is 2.43. The van der Waals surface area contributed by atoms with Crippen molar-refractivity contribution in [3.8, 4) is 0 Å². The van der Waals surface area contributed by atoms with Gasteiger partial charge in [-0.2, -0.15) is 0 Å². The maximum atomic E-state index is 12.0. The van der Waals surface area contributed by atoms with E-state index in [1.807, 2.05) is 24.3 Å². The minimum absolute atomic E-state index is 0.0980. The van der Waals surface area contributed by atoms with Gasteiger partial charge >= 0.3 is 0 Å². The number of rotatable bonds is 5. The smallest absolute Gasteiger partial charge is 0.221 e. The van der Waals surface area contributed by atoms with Crippen molar-refractivity contribution in [3.63, 3.8) is 0 Å². The van der Waals surface area contributed by atoms with E-state index < -0.39 is 0 Å². The summed E-state index contributed by atoms with van der Waals surface area (Å²) in [6.07, 6.45) is 1.86. The molecule has 3 nitrogen and oxygen atoms in total. The number of likely N-dealkylation sites (tertiary alicyclic amines) is 1. The van der Waals surface area contributed by atoms with Crippen LogP contribution in [0.15, 0.2) is 24.3 Å². The summed E-state index contributed by atoms with van der Waals surface area (Å²) in [4.78, 5) is 14.4. The van der Waals surface area contributed by atoms with Crippen LogP contribution in [0.25, 0.3) is 0 Å². The van der Waals surface area contributed by atoms with Gasteiger partial charge < -0.3 is 10.2 Å². The summed E-state index contributed by atoms with van der Waals surface area (Å²) in [5.74, 6) is 1.57. The molecule has 1 saturated heterocycles. The lowest BCUT2D eigenvalue weighted by molar-refractivity contribution is -0.121. The first kappa shape index (κ1) is 16.3. The van der Waals surface area contributed by atoms with Crippen molar-refractivity contribution in [2.45, 2.75) is 33.2 Å². The summed E-state index contributed by atoms with van der Waals surface area (Å²) in [5.41, 5.74) is 0.965. The molecule has 1 heterocycles. The SMILES string of the molecule is CC1CC(C)CN(CCC(=O)NCc2ccccc2Cl)C1. The Bertz CT molecular complexity index is 468. The Morgan fingerprint density at radius 1 is 1.29 bits per heavy atom. The van der Waals surface area contributed by atoms with Gasteiger partial charge in [0.05, 0.1) is 0 Å². The van der Waals surface area contributed by atoms with Crippen LogP contribution in [0.1, 0.15) is 32.3 Å². The van der Waals surface area contributed by atoms with Crippen LogP contribution in [0.3, 0.4) is 0 Å². The Balaban J connectivity index is 1.71. The summed E-state index contributed by atoms with van der Waals surface area (Å²) in [5, 5.41) is 3.66. The molecule has 21 heavy (non-hydrogen) atoms. The molecule has 1 amide bonds. The Hall–Kier alpha value is -1.06. The molecule has 0 saturated carbocycles. The highest BCUT2D eigenvalue weighted by molar-refractivity contribution is 6.31. The van der Waals surface area contributed by atoms with Crippen molar-refractivity contribution in [2.24, 2.45) is 11.8 Å². The molecule has 2 rings (SSSR count). The number of benzene rings is 1. The van der Waals surface area contributed by atoms with Gasteiger partial charge in [0.25, 0.3) is 0 Å². The number of hydrogen-bond donors (Lipinski definition) is 1. The molecule has 1 aromatic carbocycles. The van der Waals surface area contributed by atoms with Crippen LogP contribution in [0.5, 0.6) is 0 Å². The van der Waals surface area contributed by atoms with Crippen LogP contribution in [-0.2, 0) is 11.3 Å². The minimum Gasteiger partial charge on any atom is -0.352 e. The molecule has 1 aliphatic heterocycles. The van der Waals surface area contributed by atoms with Crippen molar-refractivity contribution in [3.05, 3.63) is 34.9 Å². The van der Waals surface area contributed by atoms with Gasteiger partial charge in [-0.1, -0.05) is 43.6 Å². The van der Waals surface area contributed by atoms with Gasteiger partial charge in [0.1, 0.15) is 0 Å². The fraction of sp³-hybridized carbons (Fsp3) is 0.588. The summed E-state index contributed by atoms with van der Waals surface area (Å²) in [6.45, 7) is 8.17. The van der Waals surface area contributed by atoms with Gasteiger partial charge in [-0.25, -0.2) is 0 Å². The number of nitrogens with zero attached hydrogens (tertiary/aromatic N) is 1. The van der Waals surface area contributed by atoms with Gasteiger partial charge in [-0.15, -0.1) is 0 Å². The highest BCUT2D eigenvalue weighted by Crippen LogP contribution is 2.20. The molecule has 0 aliphatic carbocycles. The summed E-state index contributed by atoms with van der Waals surface area (Å²) in [6, 6.07) is 7.62. The average molecular weight is 309 g/mol. The summed E-state index contributed by atoms with van der Waals surface area (Å²) >= 11 is 6.08. The van der Waals surface area contributed by atoms with Crippen molar-refractivity contribution in [1.82, 2.24) is 10.2 Å². The van der Waals surface area contributed by atoms with E-state index in [-0.39, 0.29) is 5.91 Å². The Morgan fingerprint density at radius 3 is 2.62 bits per heavy atom. The molecule has 0 spiro atoms. The second-order valence-corrected chi connectivity index (χ2v) is 6.73. The number of halogens is 1. The zero-order valence-electron chi connectivity index (χ0n) is 12.9. The van der Waals surface area contributed by atoms with Gasteiger partial charge in [0.15, 0.2) is 0 Å². The van der Waals surface area contributed by atoms with Gasteiger partial charge in [-0.3, -0.25) is 4.79 Å². The molecule has 0 bridgehead atoms. The molecular formula is C17H25ClN2O.